The lowest BCUT2D eigenvalue weighted by molar-refractivity contribution is 0.592. The van der Waals surface area contributed by atoms with Crippen LogP contribution in [-0.2, 0) is 6.42 Å². The van der Waals surface area contributed by atoms with E-state index < -0.39 is 0 Å². The van der Waals surface area contributed by atoms with E-state index in [1.54, 1.807) is 0 Å². The molecule has 0 bridgehead atoms. The summed E-state index contributed by atoms with van der Waals surface area (Å²) < 4.78 is 0. The number of hydrogen-bond donors (Lipinski definition) is 1. The Balaban J connectivity index is 2.19. The van der Waals surface area contributed by atoms with Gasteiger partial charge in [-0.05, 0) is 43.7 Å². The highest BCUT2D eigenvalue weighted by Gasteiger charge is 2.11. The van der Waals surface area contributed by atoms with Crippen molar-refractivity contribution in [1.82, 2.24) is 5.32 Å². The fourth-order valence-electron chi connectivity index (χ4n) is 2.37. The average molecular weight is 268 g/mol. The molecule has 0 fully saturated rings. The Labute approximate surface area is 122 Å². The Kier molecular flexibility index (Phi) is 4.80. The summed E-state index contributed by atoms with van der Waals surface area (Å²) in [6.07, 6.45) is 1.01. The predicted octanol–water partition coefficient (Wildman–Crippen LogP) is 3.56. The van der Waals surface area contributed by atoms with Crippen LogP contribution in [0.5, 0.6) is 0 Å². The summed E-state index contributed by atoms with van der Waals surface area (Å²) in [5.74, 6) is 0. The zero-order valence-electron chi connectivity index (χ0n) is 12.9. The average Bonchev–Trinajstić information content (AvgIpc) is 2.46. The summed E-state index contributed by atoms with van der Waals surface area (Å²) in [4.78, 5) is 2.14. The van der Waals surface area contributed by atoms with Gasteiger partial charge in [0.25, 0.3) is 0 Å². The SMILES string of the molecule is CNC(Cc1ccc(C)cc1)c1cccc(N(C)C)c1. The molecule has 106 valence electrons. The number of anilines is 1. The Hall–Kier alpha value is -1.80. The van der Waals surface area contributed by atoms with Crippen molar-refractivity contribution in [2.75, 3.05) is 26.0 Å². The van der Waals surface area contributed by atoms with Gasteiger partial charge in [-0.3, -0.25) is 0 Å². The molecule has 20 heavy (non-hydrogen) atoms. The topological polar surface area (TPSA) is 15.3 Å². The zero-order chi connectivity index (χ0) is 14.5. The Morgan fingerprint density at radius 1 is 1.05 bits per heavy atom. The van der Waals surface area contributed by atoms with E-state index in [0.29, 0.717) is 6.04 Å². The molecule has 2 aromatic rings. The summed E-state index contributed by atoms with van der Waals surface area (Å²) >= 11 is 0. The van der Waals surface area contributed by atoms with Crippen molar-refractivity contribution in [3.8, 4) is 0 Å². The molecule has 0 aliphatic rings. The van der Waals surface area contributed by atoms with Gasteiger partial charge in [-0.15, -0.1) is 0 Å². The normalized spacial score (nSPS) is 12.2. The van der Waals surface area contributed by atoms with Gasteiger partial charge in [-0.1, -0.05) is 42.0 Å². The van der Waals surface area contributed by atoms with Crippen LogP contribution < -0.4 is 10.2 Å². The van der Waals surface area contributed by atoms with Gasteiger partial charge in [-0.2, -0.15) is 0 Å². The summed E-state index contributed by atoms with van der Waals surface area (Å²) in [7, 11) is 6.18. The second-order valence-corrected chi connectivity index (χ2v) is 5.52. The highest BCUT2D eigenvalue weighted by atomic mass is 15.1. The maximum absolute atomic E-state index is 3.43. The van der Waals surface area contributed by atoms with Gasteiger partial charge >= 0.3 is 0 Å². The van der Waals surface area contributed by atoms with E-state index in [-0.39, 0.29) is 0 Å². The van der Waals surface area contributed by atoms with E-state index in [1.807, 2.05) is 7.05 Å². The van der Waals surface area contributed by atoms with Gasteiger partial charge in [0, 0.05) is 25.8 Å². The Bertz CT molecular complexity index is 544. The van der Waals surface area contributed by atoms with Gasteiger partial charge in [0.15, 0.2) is 0 Å². The maximum Gasteiger partial charge on any atom is 0.0364 e. The highest BCUT2D eigenvalue weighted by Crippen LogP contribution is 2.22. The lowest BCUT2D eigenvalue weighted by atomic mass is 9.98. The molecule has 0 radical (unpaired) electrons. The number of hydrogen-bond acceptors (Lipinski definition) is 2. The second kappa shape index (κ2) is 6.58. The van der Waals surface area contributed by atoms with Crippen LogP contribution in [0.15, 0.2) is 48.5 Å². The van der Waals surface area contributed by atoms with Crippen LogP contribution in [0, 0.1) is 6.92 Å². The minimum atomic E-state index is 0.345. The number of aryl methyl sites for hydroxylation is 1. The standard InChI is InChI=1S/C18H24N2/c1-14-8-10-15(11-9-14)12-18(19-2)16-6-5-7-17(13-16)20(3)4/h5-11,13,18-19H,12H2,1-4H3. The van der Waals surface area contributed by atoms with Crippen molar-refractivity contribution in [1.29, 1.82) is 0 Å². The Morgan fingerprint density at radius 2 is 1.75 bits per heavy atom. The minimum absolute atomic E-state index is 0.345. The van der Waals surface area contributed by atoms with E-state index in [0.717, 1.165) is 6.42 Å². The van der Waals surface area contributed by atoms with E-state index >= 15 is 0 Å². The quantitative estimate of drug-likeness (QED) is 0.892. The van der Waals surface area contributed by atoms with Gasteiger partial charge in [0.2, 0.25) is 0 Å². The molecule has 2 rings (SSSR count). The molecule has 1 unspecified atom stereocenters. The largest absolute Gasteiger partial charge is 0.378 e. The van der Waals surface area contributed by atoms with Crippen LogP contribution in [0.4, 0.5) is 5.69 Å². The summed E-state index contributed by atoms with van der Waals surface area (Å²) in [5, 5.41) is 3.43. The van der Waals surface area contributed by atoms with Crippen LogP contribution >= 0.6 is 0 Å². The summed E-state index contributed by atoms with van der Waals surface area (Å²) in [6, 6.07) is 17.9. The molecule has 0 aliphatic carbocycles. The first-order valence-corrected chi connectivity index (χ1v) is 7.10. The molecule has 0 aliphatic heterocycles. The molecule has 1 N–H and O–H groups in total. The molecule has 2 aromatic carbocycles. The van der Waals surface area contributed by atoms with Gasteiger partial charge < -0.3 is 10.2 Å². The second-order valence-electron chi connectivity index (χ2n) is 5.52. The molecule has 0 aromatic heterocycles. The van der Waals surface area contributed by atoms with Crippen molar-refractivity contribution in [2.24, 2.45) is 0 Å². The lowest BCUT2D eigenvalue weighted by Gasteiger charge is -2.20. The third kappa shape index (κ3) is 3.61. The van der Waals surface area contributed by atoms with Crippen molar-refractivity contribution in [2.45, 2.75) is 19.4 Å². The molecule has 0 amide bonds. The van der Waals surface area contributed by atoms with E-state index in [1.165, 1.54) is 22.4 Å². The first-order chi connectivity index (χ1) is 9.60. The van der Waals surface area contributed by atoms with Crippen molar-refractivity contribution in [3.05, 3.63) is 65.2 Å². The fraction of sp³-hybridized carbons (Fsp3) is 0.333. The van der Waals surface area contributed by atoms with Crippen molar-refractivity contribution >= 4 is 5.69 Å². The molecule has 0 spiro atoms. The van der Waals surface area contributed by atoms with Crippen molar-refractivity contribution in [3.63, 3.8) is 0 Å². The molecule has 2 nitrogen and oxygen atoms in total. The predicted molar refractivity (Wildman–Crippen MR) is 87.5 cm³/mol. The first kappa shape index (κ1) is 14.6. The molecular formula is C18H24N2. The van der Waals surface area contributed by atoms with Crippen LogP contribution in [0.25, 0.3) is 0 Å². The highest BCUT2D eigenvalue weighted by molar-refractivity contribution is 5.48. The van der Waals surface area contributed by atoms with Crippen LogP contribution in [0.3, 0.4) is 0 Å². The number of benzene rings is 2. The number of rotatable bonds is 5. The van der Waals surface area contributed by atoms with Crippen LogP contribution in [-0.4, -0.2) is 21.1 Å². The summed E-state index contributed by atoms with van der Waals surface area (Å²) in [5.41, 5.74) is 5.25. The number of nitrogens with one attached hydrogen (secondary N) is 1. The lowest BCUT2D eigenvalue weighted by Crippen LogP contribution is -2.19. The van der Waals surface area contributed by atoms with Crippen LogP contribution in [0.1, 0.15) is 22.7 Å². The molecular weight excluding hydrogens is 244 g/mol. The van der Waals surface area contributed by atoms with E-state index in [4.69, 9.17) is 0 Å². The third-order valence-corrected chi connectivity index (χ3v) is 3.70. The summed E-state index contributed by atoms with van der Waals surface area (Å²) in [6.45, 7) is 2.12. The van der Waals surface area contributed by atoms with Crippen LogP contribution in [0.2, 0.25) is 0 Å². The first-order valence-electron chi connectivity index (χ1n) is 7.10. The van der Waals surface area contributed by atoms with E-state index in [9.17, 15) is 0 Å². The monoisotopic (exact) mass is 268 g/mol. The van der Waals surface area contributed by atoms with Gasteiger partial charge in [0.1, 0.15) is 0 Å². The third-order valence-electron chi connectivity index (χ3n) is 3.70. The van der Waals surface area contributed by atoms with Gasteiger partial charge in [0.05, 0.1) is 0 Å². The fourth-order valence-corrected chi connectivity index (χ4v) is 2.37. The number of likely N-dealkylation sites (N-methyl/N-ethyl adjacent to an activating group) is 1. The molecule has 1 atom stereocenters. The molecule has 0 saturated carbocycles. The van der Waals surface area contributed by atoms with Gasteiger partial charge in [-0.25, -0.2) is 0 Å². The number of nitrogens with zero attached hydrogens (tertiary/aromatic N) is 1. The smallest absolute Gasteiger partial charge is 0.0364 e. The molecule has 0 heterocycles. The maximum atomic E-state index is 3.43. The molecule has 2 heteroatoms. The zero-order valence-corrected chi connectivity index (χ0v) is 12.9. The van der Waals surface area contributed by atoms with E-state index in [2.05, 4.69) is 79.8 Å². The minimum Gasteiger partial charge on any atom is -0.378 e. The molecule has 0 saturated heterocycles. The van der Waals surface area contributed by atoms with Crippen molar-refractivity contribution < 1.29 is 0 Å². The Morgan fingerprint density at radius 3 is 2.35 bits per heavy atom.